The van der Waals surface area contributed by atoms with Crippen LogP contribution in [0.25, 0.3) is 0 Å². The van der Waals surface area contributed by atoms with E-state index in [4.69, 9.17) is 10.5 Å². The summed E-state index contributed by atoms with van der Waals surface area (Å²) in [5, 5.41) is 0. The number of nitrogens with two attached hydrogens (primary N) is 1. The summed E-state index contributed by atoms with van der Waals surface area (Å²) in [5.41, 5.74) is 6.95. The van der Waals surface area contributed by atoms with Crippen molar-refractivity contribution in [2.24, 2.45) is 11.7 Å². The average Bonchev–Trinajstić information content (AvgIpc) is 2.96. The van der Waals surface area contributed by atoms with E-state index in [0.717, 1.165) is 19.1 Å². The first-order valence-electron chi connectivity index (χ1n) is 8.31. The summed E-state index contributed by atoms with van der Waals surface area (Å²) in [6, 6.07) is 0.323. The summed E-state index contributed by atoms with van der Waals surface area (Å²) in [6.07, 6.45) is 8.68. The number of likely N-dealkylation sites (tertiary alicyclic amines) is 1. The molecule has 0 saturated carbocycles. The van der Waals surface area contributed by atoms with Crippen LogP contribution < -0.4 is 5.73 Å². The Kier molecular flexibility index (Phi) is 5.67. The minimum Gasteiger partial charge on any atom is -0.381 e. The molecule has 0 aromatic heterocycles. The molecular formula is C16H32N2O. The van der Waals surface area contributed by atoms with E-state index in [-0.39, 0.29) is 5.54 Å². The third-order valence-electron chi connectivity index (χ3n) is 5.58. The number of rotatable bonds is 6. The quantitative estimate of drug-likeness (QED) is 0.805. The molecule has 1 unspecified atom stereocenters. The van der Waals surface area contributed by atoms with Crippen LogP contribution in [0.3, 0.4) is 0 Å². The van der Waals surface area contributed by atoms with E-state index < -0.39 is 0 Å². The number of hydrogen-bond acceptors (Lipinski definition) is 3. The maximum absolute atomic E-state index is 6.70. The van der Waals surface area contributed by atoms with Gasteiger partial charge in [-0.2, -0.15) is 0 Å². The lowest BCUT2D eigenvalue weighted by molar-refractivity contribution is 0.0357. The van der Waals surface area contributed by atoms with Gasteiger partial charge in [-0.1, -0.05) is 13.8 Å². The first kappa shape index (κ1) is 15.3. The molecule has 0 aromatic carbocycles. The molecule has 2 N–H and O–H groups in total. The van der Waals surface area contributed by atoms with Crippen molar-refractivity contribution >= 4 is 0 Å². The lowest BCUT2D eigenvalue weighted by atomic mass is 9.77. The molecule has 0 aromatic rings. The monoisotopic (exact) mass is 268 g/mol. The number of hydrogen-bond donors (Lipinski definition) is 1. The molecule has 2 fully saturated rings. The minimum absolute atomic E-state index is 0.245. The zero-order valence-electron chi connectivity index (χ0n) is 12.9. The molecule has 0 bridgehead atoms. The van der Waals surface area contributed by atoms with Crippen LogP contribution in [0.1, 0.15) is 58.8 Å². The Morgan fingerprint density at radius 3 is 2.26 bits per heavy atom. The van der Waals surface area contributed by atoms with E-state index in [1.54, 1.807) is 0 Å². The lowest BCUT2D eigenvalue weighted by Gasteiger charge is -2.46. The van der Waals surface area contributed by atoms with Crippen LogP contribution in [-0.2, 0) is 4.74 Å². The van der Waals surface area contributed by atoms with Crippen molar-refractivity contribution < 1.29 is 4.74 Å². The van der Waals surface area contributed by atoms with Crippen LogP contribution in [0, 0.1) is 5.92 Å². The van der Waals surface area contributed by atoms with Crippen molar-refractivity contribution in [2.75, 3.05) is 26.3 Å². The van der Waals surface area contributed by atoms with Gasteiger partial charge in [0, 0.05) is 24.8 Å². The van der Waals surface area contributed by atoms with E-state index >= 15 is 0 Å². The van der Waals surface area contributed by atoms with Crippen LogP contribution in [-0.4, -0.2) is 42.8 Å². The van der Waals surface area contributed by atoms with Crippen LogP contribution in [0.5, 0.6) is 0 Å². The van der Waals surface area contributed by atoms with Gasteiger partial charge in [-0.15, -0.1) is 0 Å². The predicted octanol–water partition coefficient (Wildman–Crippen LogP) is 2.79. The Balaban J connectivity index is 1.99. The van der Waals surface area contributed by atoms with Gasteiger partial charge in [-0.3, -0.25) is 4.90 Å². The molecule has 3 nitrogen and oxygen atoms in total. The molecule has 2 aliphatic heterocycles. The Bertz CT molecular complexity index is 253. The molecule has 2 rings (SSSR count). The summed E-state index contributed by atoms with van der Waals surface area (Å²) >= 11 is 0. The largest absolute Gasteiger partial charge is 0.381 e. The average molecular weight is 268 g/mol. The van der Waals surface area contributed by atoms with Gasteiger partial charge in [0.25, 0.3) is 0 Å². The van der Waals surface area contributed by atoms with Crippen molar-refractivity contribution in [1.29, 1.82) is 0 Å². The standard InChI is InChI=1S/C16H32N2O/c1-3-16(4-2,18-9-5-6-10-18)15(17)13-14-7-11-19-12-8-14/h14-15H,3-13,17H2,1-2H3. The van der Waals surface area contributed by atoms with Gasteiger partial charge in [0.1, 0.15) is 0 Å². The molecular weight excluding hydrogens is 236 g/mol. The van der Waals surface area contributed by atoms with Gasteiger partial charge >= 0.3 is 0 Å². The van der Waals surface area contributed by atoms with E-state index in [9.17, 15) is 0 Å². The van der Waals surface area contributed by atoms with Crippen LogP contribution in [0.15, 0.2) is 0 Å². The van der Waals surface area contributed by atoms with E-state index in [0.29, 0.717) is 6.04 Å². The van der Waals surface area contributed by atoms with Gasteiger partial charge in [0.15, 0.2) is 0 Å². The zero-order chi connectivity index (χ0) is 13.7. The van der Waals surface area contributed by atoms with E-state index in [1.807, 2.05) is 0 Å². The van der Waals surface area contributed by atoms with Crippen molar-refractivity contribution in [3.05, 3.63) is 0 Å². The van der Waals surface area contributed by atoms with Crippen molar-refractivity contribution in [3.8, 4) is 0 Å². The molecule has 112 valence electrons. The van der Waals surface area contributed by atoms with Gasteiger partial charge in [-0.05, 0) is 64.0 Å². The molecule has 19 heavy (non-hydrogen) atoms. The molecule has 2 saturated heterocycles. The Hall–Kier alpha value is -0.120. The maximum Gasteiger partial charge on any atom is 0.0468 e. The van der Waals surface area contributed by atoms with Gasteiger partial charge in [0.05, 0.1) is 0 Å². The molecule has 2 aliphatic rings. The molecule has 1 atom stereocenters. The molecule has 0 spiro atoms. The molecule has 0 aliphatic carbocycles. The highest BCUT2D eigenvalue weighted by molar-refractivity contribution is 4.99. The van der Waals surface area contributed by atoms with Crippen molar-refractivity contribution in [3.63, 3.8) is 0 Å². The summed E-state index contributed by atoms with van der Waals surface area (Å²) in [6.45, 7) is 9.03. The summed E-state index contributed by atoms with van der Waals surface area (Å²) < 4.78 is 5.47. The molecule has 0 radical (unpaired) electrons. The Labute approximate surface area is 118 Å². The zero-order valence-corrected chi connectivity index (χ0v) is 12.9. The second-order valence-electron chi connectivity index (χ2n) is 6.40. The summed E-state index contributed by atoms with van der Waals surface area (Å²) in [7, 11) is 0. The first-order chi connectivity index (χ1) is 9.23. The normalized spacial score (nSPS) is 24.8. The van der Waals surface area contributed by atoms with E-state index in [1.165, 1.54) is 58.0 Å². The number of ether oxygens (including phenoxy) is 1. The van der Waals surface area contributed by atoms with E-state index in [2.05, 4.69) is 18.7 Å². The fourth-order valence-corrected chi connectivity index (χ4v) is 4.18. The fourth-order valence-electron chi connectivity index (χ4n) is 4.18. The number of nitrogens with zero attached hydrogens (tertiary/aromatic N) is 1. The van der Waals surface area contributed by atoms with Gasteiger partial charge in [-0.25, -0.2) is 0 Å². The third kappa shape index (κ3) is 3.32. The van der Waals surface area contributed by atoms with Gasteiger partial charge < -0.3 is 10.5 Å². The molecule has 2 heterocycles. The predicted molar refractivity (Wildman–Crippen MR) is 80.3 cm³/mol. The highest BCUT2D eigenvalue weighted by Crippen LogP contribution is 2.34. The fraction of sp³-hybridized carbons (Fsp3) is 1.00. The summed E-state index contributed by atoms with van der Waals surface area (Å²) in [5.74, 6) is 0.781. The maximum atomic E-state index is 6.70. The van der Waals surface area contributed by atoms with Crippen molar-refractivity contribution in [2.45, 2.75) is 70.4 Å². The van der Waals surface area contributed by atoms with Crippen LogP contribution in [0.4, 0.5) is 0 Å². The molecule has 3 heteroatoms. The highest BCUT2D eigenvalue weighted by Gasteiger charge is 2.40. The topological polar surface area (TPSA) is 38.5 Å². The third-order valence-corrected chi connectivity index (χ3v) is 5.58. The highest BCUT2D eigenvalue weighted by atomic mass is 16.5. The smallest absolute Gasteiger partial charge is 0.0468 e. The second-order valence-corrected chi connectivity index (χ2v) is 6.40. The van der Waals surface area contributed by atoms with Crippen LogP contribution in [0.2, 0.25) is 0 Å². The lowest BCUT2D eigenvalue weighted by Crippen LogP contribution is -2.59. The second kappa shape index (κ2) is 7.05. The van der Waals surface area contributed by atoms with Crippen molar-refractivity contribution in [1.82, 2.24) is 4.90 Å². The Morgan fingerprint density at radius 2 is 1.74 bits per heavy atom. The first-order valence-corrected chi connectivity index (χ1v) is 8.31. The van der Waals surface area contributed by atoms with Gasteiger partial charge in [0.2, 0.25) is 0 Å². The minimum atomic E-state index is 0.245. The Morgan fingerprint density at radius 1 is 1.16 bits per heavy atom. The summed E-state index contributed by atoms with van der Waals surface area (Å²) in [4.78, 5) is 2.69. The van der Waals surface area contributed by atoms with Crippen LogP contribution >= 0.6 is 0 Å². The molecule has 0 amide bonds. The SMILES string of the molecule is CCC(CC)(C(N)CC1CCOCC1)N1CCCC1.